The summed E-state index contributed by atoms with van der Waals surface area (Å²) in [5.74, 6) is -0.416. The Kier molecular flexibility index (Phi) is 6.37. The van der Waals surface area contributed by atoms with Crippen molar-refractivity contribution < 1.29 is 19.4 Å². The van der Waals surface area contributed by atoms with E-state index in [2.05, 4.69) is 0 Å². The summed E-state index contributed by atoms with van der Waals surface area (Å²) < 4.78 is 10.2. The maximum Gasteiger partial charge on any atom is 0.328 e. The summed E-state index contributed by atoms with van der Waals surface area (Å²) in [6.07, 6.45) is 4.35. The monoisotopic (exact) mass is 276 g/mol. The van der Waals surface area contributed by atoms with Crippen LogP contribution in [-0.4, -0.2) is 25.3 Å². The molecule has 0 aliphatic rings. The smallest absolute Gasteiger partial charge is 0.328 e. The molecule has 0 amide bonds. The second-order valence-corrected chi connectivity index (χ2v) is 4.35. The minimum absolute atomic E-state index is 0.531. The van der Waals surface area contributed by atoms with Gasteiger partial charge in [-0.2, -0.15) is 0 Å². The van der Waals surface area contributed by atoms with E-state index in [1.165, 1.54) is 0 Å². The Hall–Kier alpha value is -2.23. The largest absolute Gasteiger partial charge is 0.478 e. The summed E-state index contributed by atoms with van der Waals surface area (Å²) in [5.41, 5.74) is 3.03. The summed E-state index contributed by atoms with van der Waals surface area (Å²) in [6, 6.07) is 7.74. The van der Waals surface area contributed by atoms with Crippen LogP contribution < -0.4 is 0 Å². The van der Waals surface area contributed by atoms with Gasteiger partial charge in [0, 0.05) is 11.6 Å². The predicted molar refractivity (Wildman–Crippen MR) is 78.2 cm³/mol. The average molecular weight is 276 g/mol. The fourth-order valence-electron chi connectivity index (χ4n) is 1.94. The van der Waals surface area contributed by atoms with Crippen LogP contribution in [0, 0.1) is 0 Å². The molecule has 0 heterocycles. The molecular weight excluding hydrogens is 256 g/mol. The van der Waals surface area contributed by atoms with Crippen LogP contribution >= 0.6 is 0 Å². The third kappa shape index (κ3) is 4.80. The lowest BCUT2D eigenvalue weighted by Crippen LogP contribution is -1.97. The third-order valence-electron chi connectivity index (χ3n) is 2.95. The van der Waals surface area contributed by atoms with Gasteiger partial charge in [-0.1, -0.05) is 24.3 Å². The number of aliphatic carboxylic acids is 1. The molecule has 0 aliphatic carbocycles. The van der Waals surface area contributed by atoms with Crippen molar-refractivity contribution in [2.75, 3.05) is 14.2 Å². The van der Waals surface area contributed by atoms with Gasteiger partial charge in [0.2, 0.25) is 0 Å². The fourth-order valence-corrected chi connectivity index (χ4v) is 1.94. The summed E-state index contributed by atoms with van der Waals surface area (Å²) in [5, 5.41) is 8.69. The molecule has 0 aliphatic heterocycles. The Morgan fingerprint density at radius 1 is 1.25 bits per heavy atom. The van der Waals surface area contributed by atoms with E-state index in [1.807, 2.05) is 31.2 Å². The van der Waals surface area contributed by atoms with Crippen LogP contribution in [0.5, 0.6) is 0 Å². The molecule has 0 aromatic heterocycles. The van der Waals surface area contributed by atoms with Crippen LogP contribution in [0.15, 0.2) is 41.9 Å². The molecule has 0 bridgehead atoms. The number of aryl methyl sites for hydroxylation is 1. The summed E-state index contributed by atoms with van der Waals surface area (Å²) in [7, 11) is 3.15. The van der Waals surface area contributed by atoms with Gasteiger partial charge in [-0.25, -0.2) is 4.79 Å². The third-order valence-corrected chi connectivity index (χ3v) is 2.95. The van der Waals surface area contributed by atoms with E-state index in [0.29, 0.717) is 5.95 Å². The Bertz CT molecular complexity index is 509. The van der Waals surface area contributed by atoms with Crippen molar-refractivity contribution in [3.8, 4) is 0 Å². The Labute approximate surface area is 119 Å². The van der Waals surface area contributed by atoms with Crippen LogP contribution in [0.1, 0.15) is 24.5 Å². The zero-order valence-corrected chi connectivity index (χ0v) is 12.1. The molecule has 20 heavy (non-hydrogen) atoms. The van der Waals surface area contributed by atoms with Crippen LogP contribution in [-0.2, 0) is 20.7 Å². The number of hydrogen-bond acceptors (Lipinski definition) is 3. The number of carboxylic acid groups (broad SMARTS) is 1. The number of carboxylic acids is 1. The molecule has 0 unspecified atom stereocenters. The fraction of sp³-hybridized carbons (Fsp3) is 0.312. The van der Waals surface area contributed by atoms with Crippen molar-refractivity contribution in [3.05, 3.63) is 53.0 Å². The van der Waals surface area contributed by atoms with Gasteiger partial charge in [-0.3, -0.25) is 0 Å². The zero-order chi connectivity index (χ0) is 15.0. The molecule has 1 rings (SSSR count). The van der Waals surface area contributed by atoms with E-state index in [1.54, 1.807) is 20.3 Å². The standard InChI is InChI=1S/C16H20O4/c1-12(16(19-2)20-3)8-9-13-6-4-5-7-14(13)10-11-15(17)18/h4-7,10-11H,8-9H2,1-3H3,(H,17,18)/b11-10+. The first-order chi connectivity index (χ1) is 9.58. The number of carbonyl (C=O) groups is 1. The molecule has 4 nitrogen and oxygen atoms in total. The molecule has 0 atom stereocenters. The summed E-state index contributed by atoms with van der Waals surface area (Å²) in [6.45, 7) is 1.96. The lowest BCUT2D eigenvalue weighted by atomic mass is 10.0. The Morgan fingerprint density at radius 3 is 2.50 bits per heavy atom. The van der Waals surface area contributed by atoms with E-state index in [0.717, 1.165) is 35.6 Å². The Balaban J connectivity index is 2.83. The molecule has 0 fully saturated rings. The van der Waals surface area contributed by atoms with E-state index in [4.69, 9.17) is 14.6 Å². The van der Waals surface area contributed by atoms with Gasteiger partial charge in [-0.05, 0) is 37.0 Å². The highest BCUT2D eigenvalue weighted by Gasteiger charge is 2.05. The second kappa shape index (κ2) is 8.04. The van der Waals surface area contributed by atoms with Crippen molar-refractivity contribution in [1.82, 2.24) is 0 Å². The van der Waals surface area contributed by atoms with Gasteiger partial charge in [0.05, 0.1) is 14.2 Å². The normalized spacial score (nSPS) is 10.3. The van der Waals surface area contributed by atoms with Gasteiger partial charge in [0.1, 0.15) is 0 Å². The maximum absolute atomic E-state index is 10.6. The van der Waals surface area contributed by atoms with Crippen molar-refractivity contribution >= 4 is 12.0 Å². The van der Waals surface area contributed by atoms with Crippen molar-refractivity contribution in [3.63, 3.8) is 0 Å². The minimum Gasteiger partial charge on any atom is -0.478 e. The molecule has 0 radical (unpaired) electrons. The molecule has 0 spiro atoms. The van der Waals surface area contributed by atoms with E-state index in [-0.39, 0.29) is 0 Å². The molecular formula is C16H20O4. The first-order valence-corrected chi connectivity index (χ1v) is 6.35. The maximum atomic E-state index is 10.6. The van der Waals surface area contributed by atoms with Crippen molar-refractivity contribution in [2.45, 2.75) is 19.8 Å². The minimum atomic E-state index is -0.947. The number of hydrogen-bond donors (Lipinski definition) is 1. The highest BCUT2D eigenvalue weighted by Crippen LogP contribution is 2.17. The topological polar surface area (TPSA) is 55.8 Å². The van der Waals surface area contributed by atoms with E-state index >= 15 is 0 Å². The second-order valence-electron chi connectivity index (χ2n) is 4.35. The van der Waals surface area contributed by atoms with Crippen molar-refractivity contribution in [1.29, 1.82) is 0 Å². The van der Waals surface area contributed by atoms with Crippen LogP contribution in [0.3, 0.4) is 0 Å². The van der Waals surface area contributed by atoms with Gasteiger partial charge < -0.3 is 14.6 Å². The molecule has 0 saturated carbocycles. The van der Waals surface area contributed by atoms with Gasteiger partial charge >= 0.3 is 5.97 Å². The lowest BCUT2D eigenvalue weighted by Gasteiger charge is -2.10. The molecule has 108 valence electrons. The van der Waals surface area contributed by atoms with E-state index in [9.17, 15) is 4.79 Å². The highest BCUT2D eigenvalue weighted by molar-refractivity contribution is 5.85. The van der Waals surface area contributed by atoms with Crippen LogP contribution in [0.2, 0.25) is 0 Å². The number of benzene rings is 1. The van der Waals surface area contributed by atoms with Crippen molar-refractivity contribution in [2.24, 2.45) is 0 Å². The number of ether oxygens (including phenoxy) is 2. The molecule has 1 aromatic carbocycles. The van der Waals surface area contributed by atoms with Gasteiger partial charge in [0.15, 0.2) is 0 Å². The molecule has 1 aromatic rings. The first-order valence-electron chi connectivity index (χ1n) is 6.35. The van der Waals surface area contributed by atoms with Gasteiger partial charge in [-0.15, -0.1) is 0 Å². The SMILES string of the molecule is COC(OC)=C(C)CCc1ccccc1/C=C/C(=O)O. The highest BCUT2D eigenvalue weighted by atomic mass is 16.7. The molecule has 1 N–H and O–H groups in total. The first kappa shape index (κ1) is 15.8. The predicted octanol–water partition coefficient (Wildman–Crippen LogP) is 3.24. The van der Waals surface area contributed by atoms with E-state index < -0.39 is 5.97 Å². The summed E-state index contributed by atoms with van der Waals surface area (Å²) >= 11 is 0. The molecule has 4 heteroatoms. The quantitative estimate of drug-likeness (QED) is 0.613. The average Bonchev–Trinajstić information content (AvgIpc) is 2.45. The van der Waals surface area contributed by atoms with Gasteiger partial charge in [0.25, 0.3) is 5.95 Å². The lowest BCUT2D eigenvalue weighted by molar-refractivity contribution is -0.131. The van der Waals surface area contributed by atoms with Crippen LogP contribution in [0.4, 0.5) is 0 Å². The zero-order valence-electron chi connectivity index (χ0n) is 12.1. The molecule has 0 saturated heterocycles. The van der Waals surface area contributed by atoms with Crippen LogP contribution in [0.25, 0.3) is 6.08 Å². The number of methoxy groups -OCH3 is 2. The Morgan fingerprint density at radius 2 is 1.90 bits per heavy atom. The number of rotatable bonds is 7. The number of allylic oxidation sites excluding steroid dienone is 1. The summed E-state index contributed by atoms with van der Waals surface area (Å²) in [4.78, 5) is 10.6.